The number of hydrogen-bond donors (Lipinski definition) is 2. The highest BCUT2D eigenvalue weighted by Gasteiger charge is 2.16. The highest BCUT2D eigenvalue weighted by Crippen LogP contribution is 2.21. The van der Waals surface area contributed by atoms with Crippen LogP contribution in [0, 0.1) is 11.8 Å². The highest BCUT2D eigenvalue weighted by atomic mass is 35.5. The maximum Gasteiger partial charge on any atom is 0.235 e. The van der Waals surface area contributed by atoms with E-state index in [1.807, 2.05) is 0 Å². The van der Waals surface area contributed by atoms with Crippen molar-refractivity contribution < 1.29 is 8.42 Å². The SMILES string of the molecule is CC(C)S(=O)(=O)Nc1ccc(Cl)cc1C#CCN. The molecule has 4 nitrogen and oxygen atoms in total. The number of halogens is 1. The second kappa shape index (κ2) is 6.10. The number of nitrogens with one attached hydrogen (secondary N) is 1. The van der Waals surface area contributed by atoms with E-state index in [4.69, 9.17) is 17.3 Å². The fourth-order valence-electron chi connectivity index (χ4n) is 1.13. The fraction of sp³-hybridized carbons (Fsp3) is 0.333. The summed E-state index contributed by atoms with van der Waals surface area (Å²) in [7, 11) is -3.40. The first kappa shape index (κ1) is 14.8. The van der Waals surface area contributed by atoms with Crippen LogP contribution in [0.1, 0.15) is 19.4 Å². The number of anilines is 1. The smallest absolute Gasteiger partial charge is 0.235 e. The van der Waals surface area contributed by atoms with Crippen LogP contribution in [0.25, 0.3) is 0 Å². The van der Waals surface area contributed by atoms with Gasteiger partial charge in [0.1, 0.15) is 0 Å². The predicted molar refractivity (Wildman–Crippen MR) is 75.1 cm³/mol. The molecule has 0 aliphatic heterocycles. The van der Waals surface area contributed by atoms with E-state index in [2.05, 4.69) is 16.6 Å². The molecule has 98 valence electrons. The quantitative estimate of drug-likeness (QED) is 0.832. The monoisotopic (exact) mass is 286 g/mol. The van der Waals surface area contributed by atoms with Gasteiger partial charge in [0.2, 0.25) is 10.0 Å². The Kier molecular flexibility index (Phi) is 5.03. The average Bonchev–Trinajstić information content (AvgIpc) is 2.29. The lowest BCUT2D eigenvalue weighted by Crippen LogP contribution is -2.22. The van der Waals surface area contributed by atoms with Gasteiger partial charge in [-0.25, -0.2) is 8.42 Å². The van der Waals surface area contributed by atoms with Gasteiger partial charge in [-0.15, -0.1) is 0 Å². The number of benzene rings is 1. The zero-order chi connectivity index (χ0) is 13.8. The summed E-state index contributed by atoms with van der Waals surface area (Å²) in [6.07, 6.45) is 0. The van der Waals surface area contributed by atoms with Crippen LogP contribution >= 0.6 is 11.6 Å². The molecule has 0 aliphatic rings. The van der Waals surface area contributed by atoms with Gasteiger partial charge in [-0.2, -0.15) is 0 Å². The lowest BCUT2D eigenvalue weighted by Gasteiger charge is -2.12. The molecule has 0 radical (unpaired) electrons. The van der Waals surface area contributed by atoms with Crippen LogP contribution in [-0.4, -0.2) is 20.2 Å². The van der Waals surface area contributed by atoms with Crippen molar-refractivity contribution in [2.75, 3.05) is 11.3 Å². The molecule has 0 heterocycles. The molecule has 0 aliphatic carbocycles. The molecule has 0 bridgehead atoms. The van der Waals surface area contributed by atoms with Crippen molar-refractivity contribution in [3.8, 4) is 11.8 Å². The van der Waals surface area contributed by atoms with E-state index in [1.165, 1.54) is 0 Å². The Morgan fingerprint density at radius 3 is 2.67 bits per heavy atom. The van der Waals surface area contributed by atoms with Crippen LogP contribution in [0.4, 0.5) is 5.69 Å². The molecule has 3 N–H and O–H groups in total. The Bertz CT molecular complexity index is 586. The Morgan fingerprint density at radius 1 is 1.44 bits per heavy atom. The van der Waals surface area contributed by atoms with Gasteiger partial charge in [0, 0.05) is 5.02 Å². The summed E-state index contributed by atoms with van der Waals surface area (Å²) < 4.78 is 26.1. The van der Waals surface area contributed by atoms with Crippen molar-refractivity contribution in [2.24, 2.45) is 5.73 Å². The summed E-state index contributed by atoms with van der Waals surface area (Å²) >= 11 is 5.85. The molecule has 6 heteroatoms. The molecule has 0 fully saturated rings. The van der Waals surface area contributed by atoms with Gasteiger partial charge in [0.25, 0.3) is 0 Å². The summed E-state index contributed by atoms with van der Waals surface area (Å²) in [5.41, 5.74) is 6.22. The Balaban J connectivity index is 3.17. The maximum absolute atomic E-state index is 11.8. The normalized spacial score (nSPS) is 10.9. The summed E-state index contributed by atoms with van der Waals surface area (Å²) in [6, 6.07) is 4.79. The molecule has 0 unspecified atom stereocenters. The van der Waals surface area contributed by atoms with Crippen molar-refractivity contribution in [1.82, 2.24) is 0 Å². The average molecular weight is 287 g/mol. The summed E-state index contributed by atoms with van der Waals surface area (Å²) in [5, 5.41) is -0.0349. The molecule has 0 saturated carbocycles. The second-order valence-electron chi connectivity index (χ2n) is 3.89. The zero-order valence-electron chi connectivity index (χ0n) is 10.2. The molecule has 1 rings (SSSR count). The molecule has 0 atom stereocenters. The molecule has 1 aromatic rings. The van der Waals surface area contributed by atoms with Crippen molar-refractivity contribution in [3.05, 3.63) is 28.8 Å². The van der Waals surface area contributed by atoms with Crippen LogP contribution in [0.15, 0.2) is 18.2 Å². The Hall–Kier alpha value is -1.22. The molecule has 18 heavy (non-hydrogen) atoms. The van der Waals surface area contributed by atoms with E-state index >= 15 is 0 Å². The van der Waals surface area contributed by atoms with E-state index in [9.17, 15) is 8.42 Å². The lowest BCUT2D eigenvalue weighted by atomic mass is 10.2. The van der Waals surface area contributed by atoms with E-state index in [1.54, 1.807) is 32.0 Å². The standard InChI is InChI=1S/C12H15ClN2O2S/c1-9(2)18(16,17)15-12-6-5-11(13)8-10(12)4-3-7-14/h5-6,8-9,15H,7,14H2,1-2H3. The van der Waals surface area contributed by atoms with Gasteiger partial charge in [-0.3, -0.25) is 4.72 Å². The zero-order valence-corrected chi connectivity index (χ0v) is 11.8. The largest absolute Gasteiger partial charge is 0.320 e. The van der Waals surface area contributed by atoms with Crippen LogP contribution in [0.2, 0.25) is 5.02 Å². The molecular weight excluding hydrogens is 272 g/mol. The Morgan fingerprint density at radius 2 is 2.11 bits per heavy atom. The maximum atomic E-state index is 11.8. The number of nitrogens with two attached hydrogens (primary N) is 1. The van der Waals surface area contributed by atoms with E-state index in [0.29, 0.717) is 16.3 Å². The third-order valence-corrected chi connectivity index (χ3v) is 4.16. The van der Waals surface area contributed by atoms with Gasteiger partial charge in [-0.05, 0) is 32.0 Å². The molecule has 0 aromatic heterocycles. The topological polar surface area (TPSA) is 72.2 Å². The van der Waals surface area contributed by atoms with Crippen molar-refractivity contribution in [3.63, 3.8) is 0 Å². The third-order valence-electron chi connectivity index (χ3n) is 2.18. The minimum absolute atomic E-state index is 0.197. The summed E-state index contributed by atoms with van der Waals surface area (Å²) in [6.45, 7) is 3.40. The number of rotatable bonds is 3. The van der Waals surface area contributed by atoms with Crippen molar-refractivity contribution in [1.29, 1.82) is 0 Å². The van der Waals surface area contributed by atoms with Gasteiger partial charge in [-0.1, -0.05) is 23.4 Å². The predicted octanol–water partition coefficient (Wildman–Crippen LogP) is 1.80. The second-order valence-corrected chi connectivity index (χ2v) is 6.57. The van der Waals surface area contributed by atoms with Gasteiger partial charge in [0.15, 0.2) is 0 Å². The Labute approximate surface area is 113 Å². The van der Waals surface area contributed by atoms with Crippen molar-refractivity contribution >= 4 is 27.3 Å². The van der Waals surface area contributed by atoms with E-state index in [0.717, 1.165) is 0 Å². The highest BCUT2D eigenvalue weighted by molar-refractivity contribution is 7.93. The van der Waals surface area contributed by atoms with Crippen LogP contribution in [0.5, 0.6) is 0 Å². The molecule has 0 saturated heterocycles. The first-order valence-electron chi connectivity index (χ1n) is 5.37. The number of hydrogen-bond acceptors (Lipinski definition) is 3. The van der Waals surface area contributed by atoms with Gasteiger partial charge < -0.3 is 5.73 Å². The molecule has 1 aromatic carbocycles. The van der Waals surface area contributed by atoms with Crippen LogP contribution in [-0.2, 0) is 10.0 Å². The minimum Gasteiger partial charge on any atom is -0.320 e. The molecular formula is C12H15ClN2O2S. The summed E-state index contributed by atoms with van der Waals surface area (Å²) in [5.74, 6) is 5.46. The first-order chi connectivity index (χ1) is 8.36. The first-order valence-corrected chi connectivity index (χ1v) is 7.29. The lowest BCUT2D eigenvalue weighted by molar-refractivity contribution is 0.593. The van der Waals surface area contributed by atoms with Crippen LogP contribution < -0.4 is 10.5 Å². The van der Waals surface area contributed by atoms with E-state index in [-0.39, 0.29) is 6.54 Å². The van der Waals surface area contributed by atoms with Gasteiger partial charge in [0.05, 0.1) is 23.0 Å². The summed E-state index contributed by atoms with van der Waals surface area (Å²) in [4.78, 5) is 0. The minimum atomic E-state index is -3.40. The number of sulfonamides is 1. The van der Waals surface area contributed by atoms with Crippen molar-refractivity contribution in [2.45, 2.75) is 19.1 Å². The third kappa shape index (κ3) is 3.91. The fourth-order valence-corrected chi connectivity index (χ4v) is 2.02. The van der Waals surface area contributed by atoms with Gasteiger partial charge >= 0.3 is 0 Å². The molecule has 0 amide bonds. The van der Waals surface area contributed by atoms with Crippen LogP contribution in [0.3, 0.4) is 0 Å². The molecule has 0 spiro atoms. The van der Waals surface area contributed by atoms with E-state index < -0.39 is 15.3 Å².